The maximum atomic E-state index is 12.9. The summed E-state index contributed by atoms with van der Waals surface area (Å²) in [7, 11) is 0. The van der Waals surface area contributed by atoms with E-state index in [0.717, 1.165) is 23.5 Å². The molecular weight excluding hydrogens is 459 g/mol. The molecular formula is C25H26F3N5O2. The molecule has 1 aromatic heterocycles. The number of aryl methyl sites for hydroxylation is 2. The van der Waals surface area contributed by atoms with Crippen molar-refractivity contribution in [2.24, 2.45) is 0 Å². The second-order valence-electron chi connectivity index (χ2n) is 8.50. The SMILES string of the molecule is Cc1cc(C)n(CC(=O)N2CCN(c3ccccc3C(=O)Nc3ccc(C(F)(F)F)cc3)CC2)n1. The number of nitrogens with zero attached hydrogens (tertiary/aromatic N) is 4. The van der Waals surface area contributed by atoms with Crippen molar-refractivity contribution in [1.29, 1.82) is 0 Å². The Hall–Kier alpha value is -3.82. The fourth-order valence-electron chi connectivity index (χ4n) is 4.14. The lowest BCUT2D eigenvalue weighted by molar-refractivity contribution is -0.137. The van der Waals surface area contributed by atoms with Crippen LogP contribution in [-0.4, -0.2) is 52.7 Å². The number of hydrogen-bond acceptors (Lipinski definition) is 4. The van der Waals surface area contributed by atoms with E-state index in [1.54, 1.807) is 21.7 Å². The molecule has 1 aliphatic heterocycles. The summed E-state index contributed by atoms with van der Waals surface area (Å²) in [5, 5.41) is 7.02. The van der Waals surface area contributed by atoms with Crippen LogP contribution in [0.1, 0.15) is 27.3 Å². The van der Waals surface area contributed by atoms with E-state index in [4.69, 9.17) is 0 Å². The highest BCUT2D eigenvalue weighted by Gasteiger charge is 2.30. The normalized spacial score (nSPS) is 14.2. The van der Waals surface area contributed by atoms with Crippen LogP contribution in [0, 0.1) is 13.8 Å². The van der Waals surface area contributed by atoms with Gasteiger partial charge in [0.1, 0.15) is 6.54 Å². The van der Waals surface area contributed by atoms with Crippen molar-refractivity contribution in [3.8, 4) is 0 Å². The average molecular weight is 486 g/mol. The van der Waals surface area contributed by atoms with Crippen LogP contribution in [-0.2, 0) is 17.5 Å². The van der Waals surface area contributed by atoms with E-state index >= 15 is 0 Å². The topological polar surface area (TPSA) is 70.5 Å². The summed E-state index contributed by atoms with van der Waals surface area (Å²) in [6, 6.07) is 13.3. The van der Waals surface area contributed by atoms with Crippen molar-refractivity contribution in [2.75, 3.05) is 36.4 Å². The number of piperazine rings is 1. The Kier molecular flexibility index (Phi) is 6.81. The molecule has 0 atom stereocenters. The third-order valence-electron chi connectivity index (χ3n) is 5.98. The Balaban J connectivity index is 1.40. The van der Waals surface area contributed by atoms with Crippen LogP contribution >= 0.6 is 0 Å². The summed E-state index contributed by atoms with van der Waals surface area (Å²) in [5.74, 6) is -0.424. The fourth-order valence-corrected chi connectivity index (χ4v) is 4.14. The molecule has 0 spiro atoms. The van der Waals surface area contributed by atoms with Gasteiger partial charge >= 0.3 is 6.18 Å². The van der Waals surface area contributed by atoms with Crippen LogP contribution in [0.4, 0.5) is 24.5 Å². The molecule has 7 nitrogen and oxygen atoms in total. The zero-order chi connectivity index (χ0) is 25.2. The molecule has 35 heavy (non-hydrogen) atoms. The minimum atomic E-state index is -4.44. The van der Waals surface area contributed by atoms with Gasteiger partial charge in [-0.1, -0.05) is 12.1 Å². The van der Waals surface area contributed by atoms with Gasteiger partial charge in [-0.3, -0.25) is 14.3 Å². The van der Waals surface area contributed by atoms with Crippen molar-refractivity contribution in [3.05, 3.63) is 77.1 Å². The molecule has 1 aliphatic rings. The van der Waals surface area contributed by atoms with Crippen molar-refractivity contribution in [2.45, 2.75) is 26.6 Å². The largest absolute Gasteiger partial charge is 0.416 e. The van der Waals surface area contributed by atoms with Crippen LogP contribution in [0.15, 0.2) is 54.6 Å². The number of halogens is 3. The molecule has 0 aliphatic carbocycles. The van der Waals surface area contributed by atoms with E-state index in [1.807, 2.05) is 36.9 Å². The third-order valence-corrected chi connectivity index (χ3v) is 5.98. The predicted molar refractivity (Wildman–Crippen MR) is 126 cm³/mol. The number of hydrogen-bond donors (Lipinski definition) is 1. The number of nitrogens with one attached hydrogen (secondary N) is 1. The van der Waals surface area contributed by atoms with Crippen molar-refractivity contribution >= 4 is 23.2 Å². The van der Waals surface area contributed by atoms with Crippen molar-refractivity contribution in [3.63, 3.8) is 0 Å². The number of carbonyl (C=O) groups is 2. The summed E-state index contributed by atoms with van der Waals surface area (Å²) in [5.41, 5.74) is 2.42. The molecule has 0 bridgehead atoms. The van der Waals surface area contributed by atoms with Gasteiger partial charge in [0.15, 0.2) is 0 Å². The molecule has 2 heterocycles. The second kappa shape index (κ2) is 9.81. The maximum absolute atomic E-state index is 12.9. The van der Waals surface area contributed by atoms with Gasteiger partial charge in [0.05, 0.1) is 16.8 Å². The molecule has 4 rings (SSSR count). The van der Waals surface area contributed by atoms with Gasteiger partial charge in [0, 0.05) is 43.2 Å². The lowest BCUT2D eigenvalue weighted by Gasteiger charge is -2.37. The molecule has 0 saturated carbocycles. The number of carbonyl (C=O) groups excluding carboxylic acids is 2. The van der Waals surface area contributed by atoms with Gasteiger partial charge in [-0.25, -0.2) is 0 Å². The molecule has 0 radical (unpaired) electrons. The maximum Gasteiger partial charge on any atom is 0.416 e. The third kappa shape index (κ3) is 5.64. The highest BCUT2D eigenvalue weighted by atomic mass is 19.4. The highest BCUT2D eigenvalue weighted by molar-refractivity contribution is 6.08. The summed E-state index contributed by atoms with van der Waals surface area (Å²) in [6.45, 7) is 6.10. The summed E-state index contributed by atoms with van der Waals surface area (Å²) in [4.78, 5) is 29.5. The molecule has 10 heteroatoms. The van der Waals surface area contributed by atoms with Gasteiger partial charge in [0.2, 0.25) is 5.91 Å². The smallest absolute Gasteiger partial charge is 0.367 e. The first kappa shape index (κ1) is 24.3. The minimum absolute atomic E-state index is 0.0100. The first-order valence-corrected chi connectivity index (χ1v) is 11.2. The Labute approximate surface area is 201 Å². The van der Waals surface area contributed by atoms with Crippen LogP contribution in [0.3, 0.4) is 0 Å². The summed E-state index contributed by atoms with van der Waals surface area (Å²) >= 11 is 0. The van der Waals surface area contributed by atoms with Crippen LogP contribution in [0.2, 0.25) is 0 Å². The van der Waals surface area contributed by atoms with Crippen LogP contribution in [0.25, 0.3) is 0 Å². The van der Waals surface area contributed by atoms with E-state index in [-0.39, 0.29) is 18.1 Å². The number of alkyl halides is 3. The first-order chi connectivity index (χ1) is 16.6. The van der Waals surface area contributed by atoms with Crippen molar-refractivity contribution in [1.82, 2.24) is 14.7 Å². The first-order valence-electron chi connectivity index (χ1n) is 11.2. The Morgan fingerprint density at radius 3 is 2.23 bits per heavy atom. The number of aromatic nitrogens is 2. The zero-order valence-corrected chi connectivity index (χ0v) is 19.5. The van der Waals surface area contributed by atoms with Gasteiger partial charge < -0.3 is 15.1 Å². The van der Waals surface area contributed by atoms with Gasteiger partial charge in [0.25, 0.3) is 5.91 Å². The van der Waals surface area contributed by atoms with Gasteiger partial charge in [-0.05, 0) is 56.3 Å². The highest BCUT2D eigenvalue weighted by Crippen LogP contribution is 2.30. The van der Waals surface area contributed by atoms with Gasteiger partial charge in [-0.15, -0.1) is 0 Å². The molecule has 1 N–H and O–H groups in total. The van der Waals surface area contributed by atoms with Gasteiger partial charge in [-0.2, -0.15) is 18.3 Å². The average Bonchev–Trinajstić information content (AvgIpc) is 3.15. The fraction of sp³-hybridized carbons (Fsp3) is 0.320. The Morgan fingerprint density at radius 1 is 0.971 bits per heavy atom. The Bertz CT molecular complexity index is 1210. The summed E-state index contributed by atoms with van der Waals surface area (Å²) in [6.07, 6.45) is -4.44. The minimum Gasteiger partial charge on any atom is -0.367 e. The quantitative estimate of drug-likeness (QED) is 0.590. The van der Waals surface area contributed by atoms with E-state index < -0.39 is 17.6 Å². The number of rotatable bonds is 5. The number of amides is 2. The predicted octanol–water partition coefficient (Wildman–Crippen LogP) is 4.12. The van der Waals surface area contributed by atoms with E-state index in [0.29, 0.717) is 37.4 Å². The number of benzene rings is 2. The molecule has 184 valence electrons. The van der Waals surface area contributed by atoms with E-state index in [1.165, 1.54) is 12.1 Å². The standard InChI is InChI=1S/C25H26F3N5O2/c1-17-15-18(2)33(30-17)16-23(34)32-13-11-31(12-14-32)22-6-4-3-5-21(22)24(35)29-20-9-7-19(8-10-20)25(26,27)28/h3-10,15H,11-14,16H2,1-2H3,(H,29,35). The monoisotopic (exact) mass is 485 g/mol. The lowest BCUT2D eigenvalue weighted by Crippen LogP contribution is -2.50. The van der Waals surface area contributed by atoms with E-state index in [2.05, 4.69) is 10.4 Å². The molecule has 2 amide bonds. The van der Waals surface area contributed by atoms with E-state index in [9.17, 15) is 22.8 Å². The van der Waals surface area contributed by atoms with Crippen LogP contribution < -0.4 is 10.2 Å². The number of anilines is 2. The zero-order valence-electron chi connectivity index (χ0n) is 19.5. The summed E-state index contributed by atoms with van der Waals surface area (Å²) < 4.78 is 40.1. The van der Waals surface area contributed by atoms with Crippen LogP contribution in [0.5, 0.6) is 0 Å². The molecule has 1 saturated heterocycles. The number of para-hydroxylation sites is 1. The molecule has 2 aromatic carbocycles. The molecule has 1 fully saturated rings. The molecule has 3 aromatic rings. The van der Waals surface area contributed by atoms with Crippen molar-refractivity contribution < 1.29 is 22.8 Å². The molecule has 0 unspecified atom stereocenters. The Morgan fingerprint density at radius 2 is 1.63 bits per heavy atom. The lowest BCUT2D eigenvalue weighted by atomic mass is 10.1. The second-order valence-corrected chi connectivity index (χ2v) is 8.50.